The average Bonchev–Trinajstić information content (AvgIpc) is 2.83. The third kappa shape index (κ3) is 3.12. The minimum atomic E-state index is -0.608. The van der Waals surface area contributed by atoms with E-state index in [1.165, 1.54) is 12.1 Å². The van der Waals surface area contributed by atoms with Gasteiger partial charge in [-0.25, -0.2) is 4.98 Å². The van der Waals surface area contributed by atoms with Gasteiger partial charge in [-0.1, -0.05) is 27.5 Å². The van der Waals surface area contributed by atoms with Crippen LogP contribution in [0, 0.1) is 10.1 Å². The molecule has 2 rings (SSSR count). The fraction of sp³-hybridized carbons (Fsp3) is 0. The van der Waals surface area contributed by atoms with E-state index >= 15 is 0 Å². The summed E-state index contributed by atoms with van der Waals surface area (Å²) in [6, 6.07) is 7.55. The second kappa shape index (κ2) is 5.41. The van der Waals surface area contributed by atoms with Crippen molar-refractivity contribution in [2.75, 3.05) is 5.32 Å². The standard InChI is InChI=1S/C11H7BrClN3O3/c12-6-1-2-7(13)9(5-6)15-11(17)8-3-4-10(14-8)16(18)19/h1-5,14H,(H,15,17). The normalized spacial score (nSPS) is 10.2. The van der Waals surface area contributed by atoms with Crippen molar-refractivity contribution in [3.63, 3.8) is 0 Å². The lowest BCUT2D eigenvalue weighted by Crippen LogP contribution is -2.12. The number of carbonyl (C=O) groups is 1. The number of H-pyrrole nitrogens is 1. The molecular formula is C11H7BrClN3O3. The maximum Gasteiger partial charge on any atom is 0.321 e. The van der Waals surface area contributed by atoms with Gasteiger partial charge in [0, 0.05) is 10.5 Å². The second-order valence-corrected chi connectivity index (χ2v) is 4.92. The van der Waals surface area contributed by atoms with E-state index in [-0.39, 0.29) is 11.5 Å². The second-order valence-electron chi connectivity index (χ2n) is 3.59. The minimum absolute atomic E-state index is 0.0859. The molecule has 0 aliphatic rings. The first-order valence-electron chi connectivity index (χ1n) is 5.07. The van der Waals surface area contributed by atoms with Crippen LogP contribution in [0.25, 0.3) is 0 Å². The number of benzene rings is 1. The molecule has 1 heterocycles. The first kappa shape index (κ1) is 13.6. The van der Waals surface area contributed by atoms with Crippen molar-refractivity contribution in [3.05, 3.63) is 55.6 Å². The van der Waals surface area contributed by atoms with Crippen molar-refractivity contribution in [1.82, 2.24) is 4.98 Å². The summed E-state index contributed by atoms with van der Waals surface area (Å²) in [5.41, 5.74) is 0.501. The number of anilines is 1. The van der Waals surface area contributed by atoms with Crippen LogP contribution in [0.5, 0.6) is 0 Å². The number of nitrogens with zero attached hydrogens (tertiary/aromatic N) is 1. The van der Waals surface area contributed by atoms with Gasteiger partial charge in [0.15, 0.2) is 5.69 Å². The Bertz CT molecular complexity index is 656. The predicted octanol–water partition coefficient (Wildman–Crippen LogP) is 3.59. The van der Waals surface area contributed by atoms with Crippen LogP contribution in [-0.2, 0) is 0 Å². The molecule has 0 bridgehead atoms. The highest BCUT2D eigenvalue weighted by atomic mass is 79.9. The molecule has 0 saturated carbocycles. The number of hydrogen-bond acceptors (Lipinski definition) is 3. The lowest BCUT2D eigenvalue weighted by Gasteiger charge is -2.05. The summed E-state index contributed by atoms with van der Waals surface area (Å²) in [6.45, 7) is 0. The highest BCUT2D eigenvalue weighted by Crippen LogP contribution is 2.26. The van der Waals surface area contributed by atoms with Gasteiger partial charge in [0.05, 0.1) is 10.7 Å². The molecule has 2 N–H and O–H groups in total. The third-order valence-corrected chi connectivity index (χ3v) is 3.11. The van der Waals surface area contributed by atoms with Gasteiger partial charge < -0.3 is 15.4 Å². The Morgan fingerprint density at radius 2 is 2.11 bits per heavy atom. The van der Waals surface area contributed by atoms with Gasteiger partial charge in [0.25, 0.3) is 5.91 Å². The number of rotatable bonds is 3. The topological polar surface area (TPSA) is 88.0 Å². The number of aromatic nitrogens is 1. The summed E-state index contributed by atoms with van der Waals surface area (Å²) in [5, 5.41) is 13.4. The Morgan fingerprint density at radius 3 is 2.74 bits per heavy atom. The molecule has 1 aromatic carbocycles. The van der Waals surface area contributed by atoms with E-state index in [1.807, 2.05) is 0 Å². The summed E-state index contributed by atoms with van der Waals surface area (Å²) in [4.78, 5) is 24.2. The zero-order chi connectivity index (χ0) is 14.0. The molecule has 0 unspecified atom stereocenters. The lowest BCUT2D eigenvalue weighted by atomic mass is 10.3. The van der Waals surface area contributed by atoms with E-state index < -0.39 is 10.8 Å². The molecule has 1 aromatic heterocycles. The third-order valence-electron chi connectivity index (χ3n) is 2.29. The van der Waals surface area contributed by atoms with Gasteiger partial charge in [-0.3, -0.25) is 4.79 Å². The first-order chi connectivity index (χ1) is 8.97. The van der Waals surface area contributed by atoms with Gasteiger partial charge in [0.2, 0.25) is 0 Å². The zero-order valence-electron chi connectivity index (χ0n) is 9.31. The van der Waals surface area contributed by atoms with Gasteiger partial charge in [-0.05, 0) is 29.2 Å². The Labute approximate surface area is 121 Å². The maximum atomic E-state index is 11.9. The molecular weight excluding hydrogens is 337 g/mol. The molecule has 0 fully saturated rings. The van der Waals surface area contributed by atoms with Crippen molar-refractivity contribution in [2.24, 2.45) is 0 Å². The van der Waals surface area contributed by atoms with Crippen LogP contribution in [0.1, 0.15) is 10.5 Å². The Hall–Kier alpha value is -1.86. The van der Waals surface area contributed by atoms with Gasteiger partial charge in [-0.2, -0.15) is 0 Å². The van der Waals surface area contributed by atoms with Crippen molar-refractivity contribution in [1.29, 1.82) is 0 Å². The Morgan fingerprint density at radius 1 is 1.37 bits per heavy atom. The summed E-state index contributed by atoms with van der Waals surface area (Å²) in [5.74, 6) is -0.751. The number of nitro groups is 1. The van der Waals surface area contributed by atoms with E-state index in [0.29, 0.717) is 10.7 Å². The predicted molar refractivity (Wildman–Crippen MR) is 74.6 cm³/mol. The largest absolute Gasteiger partial charge is 0.358 e. The molecule has 6 nitrogen and oxygen atoms in total. The monoisotopic (exact) mass is 343 g/mol. The molecule has 19 heavy (non-hydrogen) atoms. The van der Waals surface area contributed by atoms with Crippen molar-refractivity contribution < 1.29 is 9.72 Å². The summed E-state index contributed by atoms with van der Waals surface area (Å²) in [6.07, 6.45) is 0. The fourth-order valence-corrected chi connectivity index (χ4v) is 1.93. The molecule has 0 saturated heterocycles. The summed E-state index contributed by atoms with van der Waals surface area (Å²) in [7, 11) is 0. The molecule has 0 atom stereocenters. The molecule has 1 amide bonds. The van der Waals surface area contributed by atoms with E-state index in [9.17, 15) is 14.9 Å². The van der Waals surface area contributed by atoms with Crippen LogP contribution in [-0.4, -0.2) is 15.8 Å². The van der Waals surface area contributed by atoms with Crippen LogP contribution in [0.2, 0.25) is 5.02 Å². The van der Waals surface area contributed by atoms with Gasteiger partial charge >= 0.3 is 5.82 Å². The smallest absolute Gasteiger partial charge is 0.321 e. The van der Waals surface area contributed by atoms with Crippen LogP contribution < -0.4 is 5.32 Å². The van der Waals surface area contributed by atoms with E-state index in [4.69, 9.17) is 11.6 Å². The number of hydrogen-bond donors (Lipinski definition) is 2. The minimum Gasteiger partial charge on any atom is -0.358 e. The van der Waals surface area contributed by atoms with E-state index in [2.05, 4.69) is 26.2 Å². The Kier molecular flexibility index (Phi) is 3.87. The molecule has 98 valence electrons. The number of aromatic amines is 1. The first-order valence-corrected chi connectivity index (χ1v) is 6.24. The molecule has 2 aromatic rings. The molecule has 0 radical (unpaired) electrons. The van der Waals surface area contributed by atoms with Crippen LogP contribution in [0.3, 0.4) is 0 Å². The maximum absolute atomic E-state index is 11.9. The van der Waals surface area contributed by atoms with E-state index in [1.54, 1.807) is 18.2 Å². The van der Waals surface area contributed by atoms with Crippen LogP contribution >= 0.6 is 27.5 Å². The lowest BCUT2D eigenvalue weighted by molar-refractivity contribution is -0.389. The average molecular weight is 345 g/mol. The Balaban J connectivity index is 2.20. The summed E-state index contributed by atoms with van der Waals surface area (Å²) >= 11 is 9.19. The van der Waals surface area contributed by atoms with Crippen LogP contribution in [0.15, 0.2) is 34.8 Å². The molecule has 8 heteroatoms. The fourth-order valence-electron chi connectivity index (χ4n) is 1.41. The molecule has 0 spiro atoms. The SMILES string of the molecule is O=C(Nc1cc(Br)ccc1Cl)c1ccc([N+](=O)[O-])[nH]1. The van der Waals surface area contributed by atoms with Gasteiger partial charge in [-0.15, -0.1) is 0 Å². The van der Waals surface area contributed by atoms with Crippen molar-refractivity contribution in [2.45, 2.75) is 0 Å². The van der Waals surface area contributed by atoms with Crippen molar-refractivity contribution in [3.8, 4) is 0 Å². The van der Waals surface area contributed by atoms with Crippen molar-refractivity contribution >= 4 is 44.9 Å². The van der Waals surface area contributed by atoms with Gasteiger partial charge in [0.1, 0.15) is 0 Å². The molecule has 0 aliphatic carbocycles. The number of halogens is 2. The summed E-state index contributed by atoms with van der Waals surface area (Å²) < 4.78 is 0.754. The van der Waals surface area contributed by atoms with Crippen LogP contribution in [0.4, 0.5) is 11.5 Å². The van der Waals surface area contributed by atoms with E-state index in [0.717, 1.165) is 4.47 Å². The quantitative estimate of drug-likeness (QED) is 0.659. The number of carbonyl (C=O) groups excluding carboxylic acids is 1. The highest BCUT2D eigenvalue weighted by Gasteiger charge is 2.16. The number of amides is 1. The zero-order valence-corrected chi connectivity index (χ0v) is 11.7. The highest BCUT2D eigenvalue weighted by molar-refractivity contribution is 9.10. The number of nitrogens with one attached hydrogen (secondary N) is 2. The molecule has 0 aliphatic heterocycles.